The summed E-state index contributed by atoms with van der Waals surface area (Å²) >= 11 is 5.87. The van der Waals surface area contributed by atoms with E-state index in [4.69, 9.17) is 16.4 Å². The maximum atomic E-state index is 9.92. The Balaban J connectivity index is 2.06. The minimum absolute atomic E-state index is 0.0170. The van der Waals surface area contributed by atoms with Crippen molar-refractivity contribution in [3.63, 3.8) is 0 Å². The van der Waals surface area contributed by atoms with Crippen molar-refractivity contribution >= 4 is 17.8 Å². The van der Waals surface area contributed by atoms with Crippen LogP contribution in [0, 0.1) is 6.92 Å². The van der Waals surface area contributed by atoms with Gasteiger partial charge >= 0.3 is 0 Å². The molecule has 0 aliphatic carbocycles. The normalized spacial score (nSPS) is 11.0. The molecule has 2 rings (SSSR count). The minimum atomic E-state index is -0.240. The van der Waals surface area contributed by atoms with Gasteiger partial charge in [-0.25, -0.2) is 0 Å². The van der Waals surface area contributed by atoms with Gasteiger partial charge in [0.15, 0.2) is 0 Å². The summed E-state index contributed by atoms with van der Waals surface area (Å²) in [5, 5.41) is 23.6. The lowest BCUT2D eigenvalue weighted by Gasteiger charge is -2.07. The molecular weight excluding hydrogens is 292 g/mol. The molecule has 1 aromatic heterocycles. The average molecular weight is 307 g/mol. The van der Waals surface area contributed by atoms with E-state index in [-0.39, 0.29) is 19.0 Å². The topological polar surface area (TPSA) is 74.9 Å². The van der Waals surface area contributed by atoms with Gasteiger partial charge in [-0.3, -0.25) is 4.98 Å². The molecule has 2 N–H and O–H groups in total. The molecule has 5 nitrogen and oxygen atoms in total. The van der Waals surface area contributed by atoms with E-state index in [0.29, 0.717) is 21.8 Å². The van der Waals surface area contributed by atoms with E-state index < -0.39 is 0 Å². The van der Waals surface area contributed by atoms with E-state index in [2.05, 4.69) is 10.1 Å². The van der Waals surface area contributed by atoms with E-state index in [0.717, 1.165) is 5.56 Å². The maximum absolute atomic E-state index is 9.92. The quantitative estimate of drug-likeness (QED) is 0.658. The highest BCUT2D eigenvalue weighted by Crippen LogP contribution is 2.22. The minimum Gasteiger partial charge on any atom is -0.505 e. The van der Waals surface area contributed by atoms with Crippen molar-refractivity contribution in [2.24, 2.45) is 5.16 Å². The lowest BCUT2D eigenvalue weighted by atomic mass is 10.1. The third-order valence-corrected chi connectivity index (χ3v) is 3.14. The lowest BCUT2D eigenvalue weighted by Crippen LogP contribution is -1.98. The first-order valence-corrected chi connectivity index (χ1v) is 6.67. The van der Waals surface area contributed by atoms with Crippen LogP contribution in [-0.2, 0) is 18.1 Å². The Bertz CT molecular complexity index is 659. The first kappa shape index (κ1) is 15.3. The van der Waals surface area contributed by atoms with Gasteiger partial charge in [0.05, 0.1) is 18.5 Å². The fourth-order valence-corrected chi connectivity index (χ4v) is 1.96. The van der Waals surface area contributed by atoms with Crippen LogP contribution in [0.1, 0.15) is 22.4 Å². The van der Waals surface area contributed by atoms with Gasteiger partial charge in [0, 0.05) is 22.3 Å². The summed E-state index contributed by atoms with van der Waals surface area (Å²) in [5.74, 6) is -0.0170. The number of aliphatic hydroxyl groups is 1. The van der Waals surface area contributed by atoms with Crippen LogP contribution in [0.5, 0.6) is 5.75 Å². The SMILES string of the molecule is Cc1ncc(CO)c(/C=N\OCc2cccc(Cl)c2)c1O. The summed E-state index contributed by atoms with van der Waals surface area (Å²) in [6.07, 6.45) is 2.85. The third-order valence-electron chi connectivity index (χ3n) is 2.90. The Kier molecular flexibility index (Phi) is 5.14. The largest absolute Gasteiger partial charge is 0.505 e. The van der Waals surface area contributed by atoms with Gasteiger partial charge in [0.1, 0.15) is 12.4 Å². The molecule has 0 fully saturated rings. The number of halogens is 1. The van der Waals surface area contributed by atoms with Crippen LogP contribution in [0.15, 0.2) is 35.6 Å². The Hall–Kier alpha value is -2.11. The number of benzene rings is 1. The zero-order valence-corrected chi connectivity index (χ0v) is 12.2. The van der Waals surface area contributed by atoms with Gasteiger partial charge in [-0.1, -0.05) is 28.9 Å². The number of aryl methyl sites for hydroxylation is 1. The van der Waals surface area contributed by atoms with Gasteiger partial charge in [-0.15, -0.1) is 0 Å². The fraction of sp³-hybridized carbons (Fsp3) is 0.200. The second-order valence-corrected chi connectivity index (χ2v) is 4.86. The molecule has 0 amide bonds. The van der Waals surface area contributed by atoms with Gasteiger partial charge in [-0.2, -0.15) is 0 Å². The second-order valence-electron chi connectivity index (χ2n) is 4.43. The van der Waals surface area contributed by atoms with Crippen molar-refractivity contribution in [1.29, 1.82) is 0 Å². The Morgan fingerprint density at radius 1 is 1.43 bits per heavy atom. The predicted octanol–water partition coefficient (Wildman–Crippen LogP) is 2.79. The molecular formula is C15H15ClN2O3. The molecule has 6 heteroatoms. The number of hydrogen-bond donors (Lipinski definition) is 2. The molecule has 110 valence electrons. The fourth-order valence-electron chi connectivity index (χ4n) is 1.75. The Morgan fingerprint density at radius 3 is 2.95 bits per heavy atom. The lowest BCUT2D eigenvalue weighted by molar-refractivity contribution is 0.132. The van der Waals surface area contributed by atoms with Crippen molar-refractivity contribution in [3.8, 4) is 5.75 Å². The number of aromatic hydroxyl groups is 1. The van der Waals surface area contributed by atoms with E-state index in [1.54, 1.807) is 19.1 Å². The molecule has 0 radical (unpaired) electrons. The van der Waals surface area contributed by atoms with Crippen LogP contribution < -0.4 is 0 Å². The molecule has 0 aliphatic heterocycles. The highest BCUT2D eigenvalue weighted by molar-refractivity contribution is 6.30. The summed E-state index contributed by atoms with van der Waals surface area (Å²) in [5.41, 5.74) is 2.23. The first-order chi connectivity index (χ1) is 10.1. The molecule has 1 aromatic carbocycles. The number of rotatable bonds is 5. The number of hydrogen-bond acceptors (Lipinski definition) is 5. The monoisotopic (exact) mass is 306 g/mol. The van der Waals surface area contributed by atoms with Gasteiger partial charge in [0.2, 0.25) is 0 Å². The number of aliphatic hydroxyl groups excluding tert-OH is 1. The zero-order valence-electron chi connectivity index (χ0n) is 11.5. The van der Waals surface area contributed by atoms with Crippen LogP contribution >= 0.6 is 11.6 Å². The van der Waals surface area contributed by atoms with Crippen LogP contribution in [0.3, 0.4) is 0 Å². The summed E-state index contributed by atoms with van der Waals surface area (Å²) in [4.78, 5) is 9.14. The average Bonchev–Trinajstić information content (AvgIpc) is 2.48. The smallest absolute Gasteiger partial charge is 0.146 e. The molecule has 0 atom stereocenters. The van der Waals surface area contributed by atoms with Crippen molar-refractivity contribution in [3.05, 3.63) is 57.9 Å². The molecule has 0 aliphatic rings. The van der Waals surface area contributed by atoms with Crippen molar-refractivity contribution in [1.82, 2.24) is 4.98 Å². The highest BCUT2D eigenvalue weighted by Gasteiger charge is 2.09. The van der Waals surface area contributed by atoms with E-state index >= 15 is 0 Å². The standard InChI is InChI=1S/C15H15ClN2O3/c1-10-15(20)14(12(8-19)6-17-10)7-18-21-9-11-3-2-4-13(16)5-11/h2-7,19-20H,8-9H2,1H3/b18-7-. The van der Waals surface area contributed by atoms with Crippen LogP contribution in [0.25, 0.3) is 0 Å². The van der Waals surface area contributed by atoms with Crippen LogP contribution in [0.4, 0.5) is 0 Å². The highest BCUT2D eigenvalue weighted by atomic mass is 35.5. The number of pyridine rings is 1. The number of aromatic nitrogens is 1. The van der Waals surface area contributed by atoms with Crippen LogP contribution in [0.2, 0.25) is 5.02 Å². The summed E-state index contributed by atoms with van der Waals surface area (Å²) in [6.45, 7) is 1.69. The van der Waals surface area contributed by atoms with E-state index in [1.165, 1.54) is 12.4 Å². The van der Waals surface area contributed by atoms with Gasteiger partial charge in [0.25, 0.3) is 0 Å². The molecule has 0 spiro atoms. The molecule has 21 heavy (non-hydrogen) atoms. The summed E-state index contributed by atoms with van der Waals surface area (Å²) in [6, 6.07) is 7.26. The Morgan fingerprint density at radius 2 is 2.24 bits per heavy atom. The molecule has 0 saturated heterocycles. The predicted molar refractivity (Wildman–Crippen MR) is 80.4 cm³/mol. The van der Waals surface area contributed by atoms with E-state index in [9.17, 15) is 10.2 Å². The second kappa shape index (κ2) is 7.06. The summed E-state index contributed by atoms with van der Waals surface area (Å²) < 4.78 is 0. The molecule has 2 aromatic rings. The maximum Gasteiger partial charge on any atom is 0.146 e. The first-order valence-electron chi connectivity index (χ1n) is 6.30. The Labute approximate surface area is 127 Å². The van der Waals surface area contributed by atoms with Gasteiger partial charge in [-0.05, 0) is 24.6 Å². The zero-order chi connectivity index (χ0) is 15.2. The van der Waals surface area contributed by atoms with Crippen molar-refractivity contribution in [2.45, 2.75) is 20.1 Å². The summed E-state index contributed by atoms with van der Waals surface area (Å²) in [7, 11) is 0. The molecule has 0 unspecified atom stereocenters. The molecule has 1 heterocycles. The third kappa shape index (κ3) is 3.93. The van der Waals surface area contributed by atoms with Crippen molar-refractivity contribution < 1.29 is 15.1 Å². The van der Waals surface area contributed by atoms with Crippen molar-refractivity contribution in [2.75, 3.05) is 0 Å². The molecule has 0 saturated carbocycles. The number of oxime groups is 1. The molecule has 0 bridgehead atoms. The van der Waals surface area contributed by atoms with E-state index in [1.807, 2.05) is 12.1 Å². The number of nitrogens with zero attached hydrogens (tertiary/aromatic N) is 2. The van der Waals surface area contributed by atoms with Crippen LogP contribution in [-0.4, -0.2) is 21.4 Å². The van der Waals surface area contributed by atoms with Gasteiger partial charge < -0.3 is 15.1 Å².